The Morgan fingerprint density at radius 1 is 1.25 bits per heavy atom. The van der Waals surface area contributed by atoms with Gasteiger partial charge in [-0.05, 0) is 45.8 Å². The number of nitrogens with one attached hydrogen (secondary N) is 1. The zero-order valence-electron chi connectivity index (χ0n) is 10.9. The second-order valence-electron chi connectivity index (χ2n) is 4.20. The smallest absolute Gasteiger partial charge is 0.335 e. The maximum Gasteiger partial charge on any atom is 0.335 e. The normalized spacial score (nSPS) is 10.1. The molecule has 2 N–H and O–H groups in total. The molecule has 0 spiro atoms. The molecular weight excluding hydrogens is 322 g/mol. The van der Waals surface area contributed by atoms with E-state index in [0.717, 1.165) is 21.5 Å². The standard InChI is InChI=1S/C15H14BrNO3/c1-20-14-8-12(6-7-13(14)16)17-9-10-2-4-11(5-3-10)15(18)19/h2-8,17H,9H2,1H3,(H,18,19). The summed E-state index contributed by atoms with van der Waals surface area (Å²) in [5.41, 5.74) is 2.24. The van der Waals surface area contributed by atoms with Gasteiger partial charge in [0.2, 0.25) is 0 Å². The van der Waals surface area contributed by atoms with Gasteiger partial charge in [0.05, 0.1) is 17.1 Å². The zero-order chi connectivity index (χ0) is 14.5. The Hall–Kier alpha value is -2.01. The highest BCUT2D eigenvalue weighted by Crippen LogP contribution is 2.28. The van der Waals surface area contributed by atoms with Gasteiger partial charge in [0.15, 0.2) is 0 Å². The van der Waals surface area contributed by atoms with E-state index in [9.17, 15) is 4.79 Å². The lowest BCUT2D eigenvalue weighted by Gasteiger charge is -2.09. The molecule has 0 aliphatic heterocycles. The van der Waals surface area contributed by atoms with Crippen molar-refractivity contribution in [3.8, 4) is 5.75 Å². The van der Waals surface area contributed by atoms with Crippen molar-refractivity contribution in [3.05, 3.63) is 58.1 Å². The fourth-order valence-corrected chi connectivity index (χ4v) is 2.15. The third-order valence-corrected chi connectivity index (χ3v) is 3.50. The number of carboxylic acid groups (broad SMARTS) is 1. The highest BCUT2D eigenvalue weighted by molar-refractivity contribution is 9.10. The Bertz CT molecular complexity index is 611. The van der Waals surface area contributed by atoms with Crippen LogP contribution in [-0.4, -0.2) is 18.2 Å². The van der Waals surface area contributed by atoms with E-state index in [2.05, 4.69) is 21.2 Å². The molecule has 20 heavy (non-hydrogen) atoms. The second-order valence-corrected chi connectivity index (χ2v) is 5.06. The van der Waals surface area contributed by atoms with E-state index in [1.165, 1.54) is 0 Å². The number of anilines is 1. The molecule has 4 nitrogen and oxygen atoms in total. The van der Waals surface area contributed by atoms with Crippen molar-refractivity contribution < 1.29 is 14.6 Å². The quantitative estimate of drug-likeness (QED) is 0.873. The van der Waals surface area contributed by atoms with Crippen molar-refractivity contribution in [1.29, 1.82) is 0 Å². The van der Waals surface area contributed by atoms with Gasteiger partial charge in [-0.2, -0.15) is 0 Å². The first kappa shape index (κ1) is 14.4. The summed E-state index contributed by atoms with van der Waals surface area (Å²) >= 11 is 3.40. The van der Waals surface area contributed by atoms with Crippen LogP contribution in [0.5, 0.6) is 5.75 Å². The molecule has 0 bridgehead atoms. The maximum atomic E-state index is 10.8. The molecule has 0 atom stereocenters. The van der Waals surface area contributed by atoms with Gasteiger partial charge in [0.1, 0.15) is 5.75 Å². The Labute approximate surface area is 125 Å². The second kappa shape index (κ2) is 6.43. The molecule has 2 aromatic rings. The van der Waals surface area contributed by atoms with Crippen LogP contribution in [-0.2, 0) is 6.54 Å². The summed E-state index contributed by atoms with van der Waals surface area (Å²) in [6.45, 7) is 0.616. The molecule has 104 valence electrons. The van der Waals surface area contributed by atoms with Crippen LogP contribution >= 0.6 is 15.9 Å². The lowest BCUT2D eigenvalue weighted by atomic mass is 10.1. The average molecular weight is 336 g/mol. The lowest BCUT2D eigenvalue weighted by Crippen LogP contribution is -2.01. The van der Waals surface area contributed by atoms with Gasteiger partial charge in [0.25, 0.3) is 0 Å². The van der Waals surface area contributed by atoms with E-state index in [4.69, 9.17) is 9.84 Å². The molecular formula is C15H14BrNO3. The van der Waals surface area contributed by atoms with Crippen molar-refractivity contribution in [1.82, 2.24) is 0 Å². The van der Waals surface area contributed by atoms with Gasteiger partial charge < -0.3 is 15.2 Å². The lowest BCUT2D eigenvalue weighted by molar-refractivity contribution is 0.0697. The first-order valence-corrected chi connectivity index (χ1v) is 6.79. The molecule has 0 unspecified atom stereocenters. The van der Waals surface area contributed by atoms with Crippen molar-refractivity contribution in [2.75, 3.05) is 12.4 Å². The first-order valence-electron chi connectivity index (χ1n) is 6.00. The fraction of sp³-hybridized carbons (Fsp3) is 0.133. The molecule has 0 saturated heterocycles. The van der Waals surface area contributed by atoms with Crippen LogP contribution in [0.3, 0.4) is 0 Å². The van der Waals surface area contributed by atoms with E-state index in [-0.39, 0.29) is 0 Å². The third kappa shape index (κ3) is 3.51. The SMILES string of the molecule is COc1cc(NCc2ccc(C(=O)O)cc2)ccc1Br. The zero-order valence-corrected chi connectivity index (χ0v) is 12.5. The van der Waals surface area contributed by atoms with Crippen LogP contribution < -0.4 is 10.1 Å². The number of carbonyl (C=O) groups is 1. The Morgan fingerprint density at radius 3 is 2.55 bits per heavy atom. The van der Waals surface area contributed by atoms with E-state index >= 15 is 0 Å². The minimum absolute atomic E-state index is 0.291. The molecule has 2 rings (SSSR count). The molecule has 0 amide bonds. The number of methoxy groups -OCH3 is 1. The molecule has 0 fully saturated rings. The predicted octanol–water partition coefficient (Wildman–Crippen LogP) is 3.77. The van der Waals surface area contributed by atoms with Gasteiger partial charge in [-0.15, -0.1) is 0 Å². The summed E-state index contributed by atoms with van der Waals surface area (Å²) in [6.07, 6.45) is 0. The van der Waals surface area contributed by atoms with Crippen LogP contribution in [0.2, 0.25) is 0 Å². The predicted molar refractivity (Wildman–Crippen MR) is 81.4 cm³/mol. The van der Waals surface area contributed by atoms with Gasteiger partial charge in [-0.3, -0.25) is 0 Å². The Balaban J connectivity index is 2.03. The molecule has 2 aromatic carbocycles. The van der Waals surface area contributed by atoms with E-state index in [1.54, 1.807) is 31.4 Å². The largest absolute Gasteiger partial charge is 0.495 e. The highest BCUT2D eigenvalue weighted by atomic mass is 79.9. The Kier molecular flexibility index (Phi) is 4.63. The molecule has 0 aliphatic carbocycles. The van der Waals surface area contributed by atoms with Crippen molar-refractivity contribution in [2.45, 2.75) is 6.54 Å². The number of rotatable bonds is 5. The average Bonchev–Trinajstić information content (AvgIpc) is 2.46. The van der Waals surface area contributed by atoms with Crippen LogP contribution in [0.1, 0.15) is 15.9 Å². The van der Waals surface area contributed by atoms with Crippen LogP contribution in [0, 0.1) is 0 Å². The third-order valence-electron chi connectivity index (χ3n) is 2.85. The molecule has 0 aromatic heterocycles. The van der Waals surface area contributed by atoms with Gasteiger partial charge in [-0.25, -0.2) is 4.79 Å². The molecule has 0 aliphatic rings. The van der Waals surface area contributed by atoms with E-state index < -0.39 is 5.97 Å². The summed E-state index contributed by atoms with van der Waals surface area (Å²) < 4.78 is 6.13. The van der Waals surface area contributed by atoms with Gasteiger partial charge >= 0.3 is 5.97 Å². The topological polar surface area (TPSA) is 58.6 Å². The summed E-state index contributed by atoms with van der Waals surface area (Å²) in [5, 5.41) is 12.1. The minimum Gasteiger partial charge on any atom is -0.495 e. The first-order chi connectivity index (χ1) is 9.60. The molecule has 0 heterocycles. The molecule has 5 heteroatoms. The summed E-state index contributed by atoms with van der Waals surface area (Å²) in [6, 6.07) is 12.5. The Morgan fingerprint density at radius 2 is 1.95 bits per heavy atom. The van der Waals surface area contributed by atoms with Crippen molar-refractivity contribution in [2.24, 2.45) is 0 Å². The van der Waals surface area contributed by atoms with Crippen LogP contribution in [0.25, 0.3) is 0 Å². The highest BCUT2D eigenvalue weighted by Gasteiger charge is 2.03. The number of halogens is 1. The molecule has 0 saturated carbocycles. The number of hydrogen-bond acceptors (Lipinski definition) is 3. The van der Waals surface area contributed by atoms with Crippen LogP contribution in [0.4, 0.5) is 5.69 Å². The van der Waals surface area contributed by atoms with Gasteiger partial charge in [0, 0.05) is 18.3 Å². The van der Waals surface area contributed by atoms with E-state index in [0.29, 0.717) is 12.1 Å². The van der Waals surface area contributed by atoms with E-state index in [1.807, 2.05) is 18.2 Å². The summed E-state index contributed by atoms with van der Waals surface area (Å²) in [4.78, 5) is 10.8. The van der Waals surface area contributed by atoms with Crippen molar-refractivity contribution >= 4 is 27.6 Å². The number of hydrogen-bond donors (Lipinski definition) is 2. The summed E-state index contributed by atoms with van der Waals surface area (Å²) in [5.74, 6) is -0.154. The maximum absolute atomic E-state index is 10.8. The van der Waals surface area contributed by atoms with Crippen molar-refractivity contribution in [3.63, 3.8) is 0 Å². The van der Waals surface area contributed by atoms with Gasteiger partial charge in [-0.1, -0.05) is 12.1 Å². The number of ether oxygens (including phenoxy) is 1. The monoisotopic (exact) mass is 335 g/mol. The van der Waals surface area contributed by atoms with Crippen LogP contribution in [0.15, 0.2) is 46.9 Å². The minimum atomic E-state index is -0.915. The molecule has 0 radical (unpaired) electrons. The summed E-state index contributed by atoms with van der Waals surface area (Å²) in [7, 11) is 1.62. The number of carboxylic acids is 1. The fourth-order valence-electron chi connectivity index (χ4n) is 1.74. The number of benzene rings is 2. The number of aromatic carboxylic acids is 1.